The summed E-state index contributed by atoms with van der Waals surface area (Å²) in [6.07, 6.45) is 2.87. The summed E-state index contributed by atoms with van der Waals surface area (Å²) in [6, 6.07) is 3.25. The molecule has 0 fully saturated rings. The molecular weight excluding hydrogens is 211 g/mol. The van der Waals surface area contributed by atoms with Gasteiger partial charge in [0.2, 0.25) is 0 Å². The Morgan fingerprint density at radius 1 is 1.50 bits per heavy atom. The predicted octanol–water partition coefficient (Wildman–Crippen LogP) is 1.50. The summed E-state index contributed by atoms with van der Waals surface area (Å²) in [4.78, 5) is 11.9. The highest BCUT2D eigenvalue weighted by atomic mass is 19.1. The summed E-state index contributed by atoms with van der Waals surface area (Å²) in [5.74, 6) is -1.26. The van der Waals surface area contributed by atoms with Gasteiger partial charge in [-0.3, -0.25) is 9.48 Å². The third-order valence-corrected chi connectivity index (χ3v) is 2.17. The highest BCUT2D eigenvalue weighted by Gasteiger charge is 2.15. The van der Waals surface area contributed by atoms with Gasteiger partial charge in [-0.25, -0.2) is 4.39 Å². The van der Waals surface area contributed by atoms with Crippen LogP contribution in [0.1, 0.15) is 15.9 Å². The minimum Gasteiger partial charge on any atom is -0.507 e. The van der Waals surface area contributed by atoms with E-state index in [9.17, 15) is 14.3 Å². The number of carbonyl (C=O) groups excluding carboxylic acids is 1. The fourth-order valence-corrected chi connectivity index (χ4v) is 1.38. The third kappa shape index (κ3) is 1.79. The molecule has 0 spiro atoms. The summed E-state index contributed by atoms with van der Waals surface area (Å²) in [5, 5.41) is 13.3. The molecule has 0 unspecified atom stereocenters. The van der Waals surface area contributed by atoms with Crippen LogP contribution in [0.2, 0.25) is 0 Å². The Morgan fingerprint density at radius 3 is 2.88 bits per heavy atom. The number of aromatic nitrogens is 2. The molecule has 16 heavy (non-hydrogen) atoms. The van der Waals surface area contributed by atoms with Crippen molar-refractivity contribution in [3.05, 3.63) is 47.5 Å². The van der Waals surface area contributed by atoms with Crippen LogP contribution in [0.25, 0.3) is 0 Å². The number of carbonyl (C=O) groups is 1. The third-order valence-electron chi connectivity index (χ3n) is 2.17. The Kier molecular flexibility index (Phi) is 2.44. The Labute approximate surface area is 90.9 Å². The van der Waals surface area contributed by atoms with E-state index in [1.807, 2.05) is 0 Å². The van der Waals surface area contributed by atoms with Crippen molar-refractivity contribution in [3.8, 4) is 5.75 Å². The van der Waals surface area contributed by atoms with Crippen LogP contribution < -0.4 is 0 Å². The first kappa shape index (κ1) is 10.4. The number of hydrogen-bond acceptors (Lipinski definition) is 3. The van der Waals surface area contributed by atoms with Gasteiger partial charge in [-0.1, -0.05) is 0 Å². The van der Waals surface area contributed by atoms with Gasteiger partial charge in [0, 0.05) is 13.2 Å². The van der Waals surface area contributed by atoms with Crippen molar-refractivity contribution in [3.63, 3.8) is 0 Å². The molecule has 1 aromatic heterocycles. The van der Waals surface area contributed by atoms with E-state index in [4.69, 9.17) is 0 Å². The summed E-state index contributed by atoms with van der Waals surface area (Å²) in [7, 11) is 1.67. The van der Waals surface area contributed by atoms with Crippen LogP contribution in [0.4, 0.5) is 4.39 Å². The molecule has 1 N–H and O–H groups in total. The average molecular weight is 220 g/mol. The fourth-order valence-electron chi connectivity index (χ4n) is 1.38. The van der Waals surface area contributed by atoms with E-state index >= 15 is 0 Å². The van der Waals surface area contributed by atoms with Crippen molar-refractivity contribution in [2.24, 2.45) is 7.05 Å². The van der Waals surface area contributed by atoms with Gasteiger partial charge in [-0.05, 0) is 18.2 Å². The van der Waals surface area contributed by atoms with Crippen molar-refractivity contribution in [2.45, 2.75) is 0 Å². The van der Waals surface area contributed by atoms with Crippen molar-refractivity contribution in [2.75, 3.05) is 0 Å². The number of ketones is 1. The number of hydrogen-bond donors (Lipinski definition) is 1. The molecule has 2 aromatic rings. The molecule has 2 rings (SSSR count). The lowest BCUT2D eigenvalue weighted by Gasteiger charge is -2.01. The van der Waals surface area contributed by atoms with E-state index in [2.05, 4.69) is 5.10 Å². The van der Waals surface area contributed by atoms with Crippen molar-refractivity contribution >= 4 is 5.78 Å². The van der Waals surface area contributed by atoms with Crippen LogP contribution in [0.15, 0.2) is 30.6 Å². The van der Waals surface area contributed by atoms with Gasteiger partial charge in [0.15, 0.2) is 5.78 Å². The van der Waals surface area contributed by atoms with Crippen LogP contribution >= 0.6 is 0 Å². The molecule has 0 amide bonds. The van der Waals surface area contributed by atoms with E-state index in [-0.39, 0.29) is 11.3 Å². The Morgan fingerprint density at radius 2 is 2.25 bits per heavy atom. The molecule has 5 heteroatoms. The average Bonchev–Trinajstić information content (AvgIpc) is 2.67. The lowest BCUT2D eigenvalue weighted by molar-refractivity contribution is 0.103. The number of halogens is 1. The smallest absolute Gasteiger partial charge is 0.200 e. The van der Waals surface area contributed by atoms with Gasteiger partial charge in [0.1, 0.15) is 11.6 Å². The van der Waals surface area contributed by atoms with Crippen LogP contribution in [-0.2, 0) is 7.05 Å². The summed E-state index contributed by atoms with van der Waals surface area (Å²) >= 11 is 0. The first-order valence-corrected chi connectivity index (χ1v) is 4.60. The number of nitrogens with zero attached hydrogens (tertiary/aromatic N) is 2. The van der Waals surface area contributed by atoms with Crippen LogP contribution in [0, 0.1) is 5.82 Å². The second-order valence-corrected chi connectivity index (χ2v) is 3.39. The van der Waals surface area contributed by atoms with Crippen molar-refractivity contribution < 1.29 is 14.3 Å². The standard InChI is InChI=1S/C11H9FN2O2/c1-14-6-7(5-13-14)11(16)9-4-8(12)2-3-10(9)15/h2-6,15H,1H3. The molecule has 0 saturated carbocycles. The van der Waals surface area contributed by atoms with Crippen LogP contribution in [0.3, 0.4) is 0 Å². The lowest BCUT2D eigenvalue weighted by Crippen LogP contribution is -2.01. The fraction of sp³-hybridized carbons (Fsp3) is 0.0909. The van der Waals surface area contributed by atoms with Gasteiger partial charge >= 0.3 is 0 Å². The monoisotopic (exact) mass is 220 g/mol. The lowest BCUT2D eigenvalue weighted by atomic mass is 10.1. The van der Waals surface area contributed by atoms with Crippen LogP contribution in [-0.4, -0.2) is 20.7 Å². The van der Waals surface area contributed by atoms with Gasteiger partial charge in [0.05, 0.1) is 17.3 Å². The zero-order valence-corrected chi connectivity index (χ0v) is 8.51. The topological polar surface area (TPSA) is 55.1 Å². The zero-order valence-electron chi connectivity index (χ0n) is 8.51. The van der Waals surface area contributed by atoms with Crippen molar-refractivity contribution in [1.82, 2.24) is 9.78 Å². The first-order chi connectivity index (χ1) is 7.58. The number of phenols is 1. The second-order valence-electron chi connectivity index (χ2n) is 3.39. The van der Waals surface area contributed by atoms with E-state index in [0.29, 0.717) is 5.56 Å². The molecule has 82 valence electrons. The van der Waals surface area contributed by atoms with E-state index in [0.717, 1.165) is 18.2 Å². The number of phenolic OH excluding ortho intramolecular Hbond substituents is 1. The summed E-state index contributed by atoms with van der Waals surface area (Å²) in [5.41, 5.74) is 0.247. The highest BCUT2D eigenvalue weighted by Crippen LogP contribution is 2.21. The molecule has 0 aliphatic heterocycles. The van der Waals surface area contributed by atoms with Gasteiger partial charge in [0.25, 0.3) is 0 Å². The van der Waals surface area contributed by atoms with E-state index in [1.54, 1.807) is 7.05 Å². The zero-order chi connectivity index (χ0) is 11.7. The largest absolute Gasteiger partial charge is 0.507 e. The maximum absolute atomic E-state index is 12.9. The van der Waals surface area contributed by atoms with Gasteiger partial charge in [-0.15, -0.1) is 0 Å². The van der Waals surface area contributed by atoms with Crippen molar-refractivity contribution in [1.29, 1.82) is 0 Å². The number of benzene rings is 1. The Hall–Kier alpha value is -2.17. The molecule has 4 nitrogen and oxygen atoms in total. The van der Waals surface area contributed by atoms with E-state index < -0.39 is 11.6 Å². The molecule has 1 aromatic carbocycles. The summed E-state index contributed by atoms with van der Waals surface area (Å²) in [6.45, 7) is 0. The van der Waals surface area contributed by atoms with Gasteiger partial charge < -0.3 is 5.11 Å². The molecule has 0 atom stereocenters. The Balaban J connectivity index is 2.45. The maximum atomic E-state index is 12.9. The highest BCUT2D eigenvalue weighted by molar-refractivity contribution is 6.10. The number of aryl methyl sites for hydroxylation is 1. The molecule has 0 aliphatic rings. The number of rotatable bonds is 2. The summed E-state index contributed by atoms with van der Waals surface area (Å²) < 4.78 is 14.4. The molecule has 1 heterocycles. The molecule has 0 radical (unpaired) electrons. The second kappa shape index (κ2) is 3.77. The molecule has 0 saturated heterocycles. The molecular formula is C11H9FN2O2. The minimum atomic E-state index is -0.565. The molecule has 0 aliphatic carbocycles. The number of aromatic hydroxyl groups is 1. The maximum Gasteiger partial charge on any atom is 0.200 e. The quantitative estimate of drug-likeness (QED) is 0.780. The van der Waals surface area contributed by atoms with Gasteiger partial charge in [-0.2, -0.15) is 5.10 Å². The predicted molar refractivity (Wildman–Crippen MR) is 54.7 cm³/mol. The van der Waals surface area contributed by atoms with E-state index in [1.165, 1.54) is 17.1 Å². The molecule has 0 bridgehead atoms. The minimum absolute atomic E-state index is 0.0620. The normalized spacial score (nSPS) is 10.4. The first-order valence-electron chi connectivity index (χ1n) is 4.60. The van der Waals surface area contributed by atoms with Crippen LogP contribution in [0.5, 0.6) is 5.75 Å². The Bertz CT molecular complexity index is 549. The SMILES string of the molecule is Cn1cc(C(=O)c2cc(F)ccc2O)cn1.